The fourth-order valence-corrected chi connectivity index (χ4v) is 18.6. The molecule has 4 N–H and O–H groups in total. The molecule has 636 valence electrons. The van der Waals surface area contributed by atoms with Gasteiger partial charge in [-0.3, -0.25) is 56.5 Å². The van der Waals surface area contributed by atoms with Gasteiger partial charge in [0.1, 0.15) is 77.3 Å². The first-order valence-corrected chi connectivity index (χ1v) is 41.2. The molecule has 3 fully saturated rings. The number of amides is 2. The molecule has 0 aliphatic heterocycles. The first-order chi connectivity index (χ1) is 56.9. The van der Waals surface area contributed by atoms with Gasteiger partial charge in [-0.2, -0.15) is 38.0 Å². The molecule has 121 heavy (non-hydrogen) atoms. The third-order valence-electron chi connectivity index (χ3n) is 21.7. The zero-order valence-electron chi connectivity index (χ0n) is 62.8. The molecule has 6 heterocycles. The van der Waals surface area contributed by atoms with Crippen LogP contribution in [0.15, 0.2) is 107 Å². The molecule has 3 saturated carbocycles. The van der Waals surface area contributed by atoms with E-state index in [9.17, 15) is 88.7 Å². The predicted octanol–water partition coefficient (Wildman–Crippen LogP) is 15.0. The SMILES string of the molecule is CC(F)(F)c1ccc2c(=O)n(-c3ccc(Cl)c4c(NS(=O)(=O)C5CC5)nn(CC(F)F)c34)c([C@H](Cc3cc(F)cc(F)c3)NC(=O)Cn3nc(C(F)F)c4c3C(F)(F)[C@@H]3C[C@H]43)nc2c1.CCc1ccc2c(=O)n(-c3ccc(Cl)c4c(NS(C)(=O)=O)nn(C)c34)c([C@H](Cc3cc(F)cc(F)c3)NC(=O)Cn3nc(C(F)F)c4c3C(F)(F)[C@@H]3C[C@H]43)nc2c1. The molecule has 12 aromatic rings. The van der Waals surface area contributed by atoms with Gasteiger partial charge in [-0.15, -0.1) is 0 Å². The third kappa shape index (κ3) is 15.4. The number of sulfonamides is 2. The van der Waals surface area contributed by atoms with Crippen LogP contribution in [0, 0.1) is 35.1 Å². The normalized spacial score (nSPS) is 18.1. The molecule has 5 aliphatic carbocycles. The van der Waals surface area contributed by atoms with Crippen LogP contribution in [0.5, 0.6) is 0 Å². The second-order valence-corrected chi connectivity index (χ2v) is 34.8. The highest BCUT2D eigenvalue weighted by molar-refractivity contribution is 7.93. The van der Waals surface area contributed by atoms with E-state index in [4.69, 9.17) is 28.2 Å². The van der Waals surface area contributed by atoms with Crippen LogP contribution in [0.1, 0.15) is 144 Å². The lowest BCUT2D eigenvalue weighted by Gasteiger charge is -2.24. The van der Waals surface area contributed by atoms with Crippen LogP contribution >= 0.6 is 23.2 Å². The summed E-state index contributed by atoms with van der Waals surface area (Å²) in [5, 5.41) is 19.4. The number of aromatic nitrogens is 12. The van der Waals surface area contributed by atoms with E-state index in [-0.39, 0.29) is 95.0 Å². The van der Waals surface area contributed by atoms with Crippen LogP contribution in [0.25, 0.3) is 55.0 Å². The van der Waals surface area contributed by atoms with Crippen molar-refractivity contribution in [2.24, 2.45) is 18.9 Å². The first-order valence-electron chi connectivity index (χ1n) is 37.0. The van der Waals surface area contributed by atoms with Gasteiger partial charge in [-0.1, -0.05) is 42.3 Å². The van der Waals surface area contributed by atoms with Crippen LogP contribution in [0.4, 0.5) is 81.9 Å². The van der Waals surface area contributed by atoms with E-state index in [1.807, 2.05) is 6.92 Å². The van der Waals surface area contributed by atoms with Gasteiger partial charge < -0.3 is 10.6 Å². The lowest BCUT2D eigenvalue weighted by Crippen LogP contribution is -2.38. The minimum Gasteiger partial charge on any atom is -0.344 e. The summed E-state index contributed by atoms with van der Waals surface area (Å²) < 4.78 is 295. The molecule has 0 saturated heterocycles. The van der Waals surface area contributed by atoms with Crippen molar-refractivity contribution in [3.05, 3.63) is 219 Å². The maximum Gasteiger partial charge on any atom is 0.293 e. The van der Waals surface area contributed by atoms with Crippen LogP contribution in [-0.4, -0.2) is 105 Å². The Kier molecular flexibility index (Phi) is 20.8. The van der Waals surface area contributed by atoms with Gasteiger partial charge in [-0.25, -0.2) is 79.5 Å². The van der Waals surface area contributed by atoms with Gasteiger partial charge in [0.05, 0.1) is 88.6 Å². The van der Waals surface area contributed by atoms with E-state index >= 15 is 17.6 Å². The summed E-state index contributed by atoms with van der Waals surface area (Å²) in [6, 6.07) is 14.3. The fourth-order valence-electron chi connectivity index (χ4n) is 16.3. The zero-order chi connectivity index (χ0) is 86.8. The molecule has 17 rings (SSSR count). The van der Waals surface area contributed by atoms with Crippen molar-refractivity contribution < 1.29 is 96.7 Å². The molecule has 6 aromatic heterocycles. The van der Waals surface area contributed by atoms with E-state index in [0.29, 0.717) is 52.4 Å². The number of rotatable bonds is 25. The van der Waals surface area contributed by atoms with Crippen LogP contribution in [0.3, 0.4) is 0 Å². The van der Waals surface area contributed by atoms with Crippen molar-refractivity contribution in [2.45, 2.75) is 145 Å². The fraction of sp³-hybridized carbons (Fsp3) is 0.351. The Balaban J connectivity index is 0.000000181. The van der Waals surface area contributed by atoms with Gasteiger partial charge in [0, 0.05) is 67.5 Å². The Morgan fingerprint density at radius 3 is 1.46 bits per heavy atom. The van der Waals surface area contributed by atoms with Crippen molar-refractivity contribution in [3.63, 3.8) is 0 Å². The molecule has 6 atom stereocenters. The lowest BCUT2D eigenvalue weighted by molar-refractivity contribution is -0.123. The zero-order valence-corrected chi connectivity index (χ0v) is 66.0. The maximum atomic E-state index is 15.5. The van der Waals surface area contributed by atoms with E-state index in [2.05, 4.69) is 45.5 Å². The minimum atomic E-state index is -4.13. The second kappa shape index (κ2) is 30.2. The molecule has 0 unspecified atom stereocenters. The van der Waals surface area contributed by atoms with E-state index in [1.54, 1.807) is 18.2 Å². The third-order valence-corrected chi connectivity index (χ3v) is 24.7. The van der Waals surface area contributed by atoms with Crippen molar-refractivity contribution in [2.75, 3.05) is 15.7 Å². The number of nitrogens with one attached hydrogen (secondary N) is 4. The molecule has 44 heteroatoms. The highest BCUT2D eigenvalue weighted by Crippen LogP contribution is 2.69. The number of aryl methyl sites for hydroxylation is 2. The minimum absolute atomic E-state index is 0.00554. The highest BCUT2D eigenvalue weighted by Gasteiger charge is 2.68. The number of halogens is 18. The number of fused-ring (bicyclic) bond motifs is 10. The van der Waals surface area contributed by atoms with Gasteiger partial charge in [0.2, 0.25) is 31.9 Å². The van der Waals surface area contributed by atoms with Gasteiger partial charge in [0.25, 0.3) is 48.2 Å². The summed E-state index contributed by atoms with van der Waals surface area (Å²) in [6.45, 7) is -0.876. The smallest absolute Gasteiger partial charge is 0.293 e. The quantitative estimate of drug-likeness (QED) is 0.0387. The molecule has 6 aromatic carbocycles. The average molecular weight is 1780 g/mol. The Labute approximate surface area is 681 Å². The van der Waals surface area contributed by atoms with Crippen LogP contribution in [-0.2, 0) is 93.3 Å². The van der Waals surface area contributed by atoms with Crippen molar-refractivity contribution >= 4 is 110 Å². The molecule has 2 amide bonds. The van der Waals surface area contributed by atoms with E-state index < -0.39 is 233 Å². The Morgan fingerprint density at radius 2 is 1.02 bits per heavy atom. The predicted molar refractivity (Wildman–Crippen MR) is 407 cm³/mol. The Hall–Kier alpha value is -11.1. The number of alkyl halides is 12. The van der Waals surface area contributed by atoms with Gasteiger partial charge >= 0.3 is 0 Å². The van der Waals surface area contributed by atoms with Crippen LogP contribution in [0.2, 0.25) is 10.0 Å². The number of carbonyl (C=O) groups excluding carboxylic acids is 2. The maximum absolute atomic E-state index is 15.5. The summed E-state index contributed by atoms with van der Waals surface area (Å²) >= 11 is 13.2. The van der Waals surface area contributed by atoms with Crippen molar-refractivity contribution in [1.82, 2.24) is 68.9 Å². The molecule has 0 spiro atoms. The number of anilines is 2. The molecular formula is C77H62Cl2F16N16O8S2. The number of benzene rings is 6. The lowest BCUT2D eigenvalue weighted by atomic mass is 10.0. The number of hydrogen-bond acceptors (Lipinski definition) is 14. The topological polar surface area (TPSA) is 292 Å². The van der Waals surface area contributed by atoms with Gasteiger partial charge in [-0.05, 0) is 133 Å². The monoisotopic (exact) mass is 1780 g/mol. The first kappa shape index (κ1) is 83.5. The Morgan fingerprint density at radius 1 is 0.579 bits per heavy atom. The van der Waals surface area contributed by atoms with Gasteiger partial charge in [0.15, 0.2) is 11.6 Å². The summed E-state index contributed by atoms with van der Waals surface area (Å²) in [7, 11) is -6.55. The number of nitrogens with zero attached hydrogens (tertiary/aromatic N) is 12. The Bertz CT molecular complexity index is 6690. The molecule has 24 nitrogen and oxygen atoms in total. The average Bonchev–Trinajstić information content (AvgIpc) is 1.52. The largest absolute Gasteiger partial charge is 0.344 e. The number of hydrogen-bond donors (Lipinski definition) is 4. The summed E-state index contributed by atoms with van der Waals surface area (Å²) in [6.07, 6.45) is -8.78. The van der Waals surface area contributed by atoms with Crippen molar-refractivity contribution in [3.8, 4) is 11.4 Å². The molecule has 0 bridgehead atoms. The molecule has 5 aliphatic rings. The summed E-state index contributed by atoms with van der Waals surface area (Å²) in [4.78, 5) is 66.9. The van der Waals surface area contributed by atoms with Crippen molar-refractivity contribution in [1.29, 1.82) is 0 Å². The highest BCUT2D eigenvalue weighted by atomic mass is 35.5. The van der Waals surface area contributed by atoms with Crippen LogP contribution < -0.4 is 31.2 Å². The molecular weight excluding hydrogens is 1720 g/mol. The summed E-state index contributed by atoms with van der Waals surface area (Å²) in [5.41, 5.74) is -6.82. The van der Waals surface area contributed by atoms with E-state index in [1.165, 1.54) is 23.9 Å². The van der Waals surface area contributed by atoms with E-state index in [0.717, 1.165) is 75.6 Å². The molecule has 0 radical (unpaired) electrons. The second-order valence-electron chi connectivity index (χ2n) is 30.3. The standard InChI is InChI=1S/C40H31ClF10N8O4S.C37H31ClF6N8O4S/c1-39(48,49)17-2-5-21-25(11-17)53-37(59(38(21)61)27-7-6-24(41)31-33(27)57(14-28(44)45)55-36(31)56-64(62,63)20-3-4-20)26(10-16-8-18(42)12-19(43)9-16)52-29(60)15-58-34-30(32(54-58)35(46)47)22-13-23(22)40(34,50)51;1-4-16-5-6-20-24(11-16)46-35(52(36(20)54)26-8-7-23(38)29-31(26)50(2)48-34(29)49-57(3,55)56)25(12-17-9-18(39)13-19(40)10-17)45-27(53)15-51-32-28(30(47-51)33(41)42)21-14-22(21)37(32,43)44/h2,5-9,11-12,20,22-23,26,28,35H,3-4,10,13-15H2,1H3,(H,52,60)(H,55,56);5-11,13,21-22,25,33H,4,12,14-15H2,1-3H3,(H,45,53)(H,48,49)/t22-,23+,26-;21-,22+,25-/m00/s1. The number of carbonyl (C=O) groups is 2. The summed E-state index contributed by atoms with van der Waals surface area (Å²) in [5.74, 6) is -22.8.